The molecule has 0 aliphatic carbocycles. The number of likely N-dealkylation sites (tertiary alicyclic amines) is 1. The molecule has 0 unspecified atom stereocenters. The lowest BCUT2D eigenvalue weighted by molar-refractivity contribution is -0.118. The minimum Gasteiger partial charge on any atom is -0.337 e. The van der Waals surface area contributed by atoms with Crippen LogP contribution in [0.3, 0.4) is 0 Å². The zero-order valence-electron chi connectivity index (χ0n) is 15.5. The zero-order chi connectivity index (χ0) is 18.7. The van der Waals surface area contributed by atoms with Gasteiger partial charge in [-0.2, -0.15) is 0 Å². The molecule has 138 valence electrons. The van der Waals surface area contributed by atoms with Crippen molar-refractivity contribution in [1.82, 2.24) is 19.4 Å². The summed E-state index contributed by atoms with van der Waals surface area (Å²) in [6.45, 7) is 7.47. The lowest BCUT2D eigenvalue weighted by Gasteiger charge is -2.29. The molecule has 0 aromatic carbocycles. The van der Waals surface area contributed by atoms with Gasteiger partial charge in [-0.25, -0.2) is 9.97 Å². The topological polar surface area (TPSA) is 80.1 Å². The highest BCUT2D eigenvalue weighted by Gasteiger charge is 2.23. The number of anilines is 1. The fourth-order valence-corrected chi connectivity index (χ4v) is 2.83. The molecule has 0 bridgehead atoms. The number of piperidine rings is 1. The Bertz CT molecular complexity index is 773. The third-order valence-corrected chi connectivity index (χ3v) is 4.68. The molecule has 2 aromatic rings. The lowest BCUT2D eigenvalue weighted by atomic mass is 9.99. The van der Waals surface area contributed by atoms with Crippen LogP contribution in [0.1, 0.15) is 44.1 Å². The zero-order valence-corrected chi connectivity index (χ0v) is 15.5. The van der Waals surface area contributed by atoms with E-state index in [1.54, 1.807) is 35.4 Å². The van der Waals surface area contributed by atoms with Crippen LogP contribution in [0, 0.1) is 11.8 Å². The second kappa shape index (κ2) is 7.68. The van der Waals surface area contributed by atoms with Gasteiger partial charge in [0.15, 0.2) is 0 Å². The van der Waals surface area contributed by atoms with E-state index in [0.29, 0.717) is 23.1 Å². The molecular weight excluding hydrogens is 330 g/mol. The first-order valence-electron chi connectivity index (χ1n) is 9.04. The van der Waals surface area contributed by atoms with Crippen LogP contribution in [0.2, 0.25) is 0 Å². The summed E-state index contributed by atoms with van der Waals surface area (Å²) in [6.07, 6.45) is 6.97. The van der Waals surface area contributed by atoms with Gasteiger partial charge in [0.25, 0.3) is 5.91 Å². The molecule has 2 amide bonds. The van der Waals surface area contributed by atoms with Crippen molar-refractivity contribution in [2.45, 2.75) is 33.6 Å². The van der Waals surface area contributed by atoms with Crippen LogP contribution in [0.15, 0.2) is 30.9 Å². The Balaban J connectivity index is 1.67. The highest BCUT2D eigenvalue weighted by molar-refractivity contribution is 5.92. The van der Waals surface area contributed by atoms with E-state index in [-0.39, 0.29) is 17.7 Å². The average Bonchev–Trinajstić information content (AvgIpc) is 3.12. The summed E-state index contributed by atoms with van der Waals surface area (Å²) >= 11 is 0. The lowest BCUT2D eigenvalue weighted by Crippen LogP contribution is -2.38. The number of nitrogens with one attached hydrogen (secondary N) is 1. The Morgan fingerprint density at radius 2 is 1.92 bits per heavy atom. The fourth-order valence-electron chi connectivity index (χ4n) is 2.83. The summed E-state index contributed by atoms with van der Waals surface area (Å²) in [6, 6.07) is 3.57. The van der Waals surface area contributed by atoms with Gasteiger partial charge in [0.1, 0.15) is 17.8 Å². The molecule has 1 fully saturated rings. The second-order valence-electron chi connectivity index (χ2n) is 7.19. The Morgan fingerprint density at radius 3 is 2.54 bits per heavy atom. The summed E-state index contributed by atoms with van der Waals surface area (Å²) < 4.78 is 1.72. The van der Waals surface area contributed by atoms with Gasteiger partial charge in [-0.05, 0) is 30.9 Å². The van der Waals surface area contributed by atoms with Gasteiger partial charge in [-0.1, -0.05) is 20.8 Å². The predicted molar refractivity (Wildman–Crippen MR) is 99.1 cm³/mol. The molecular formula is C19H25N5O2. The van der Waals surface area contributed by atoms with Gasteiger partial charge in [0.2, 0.25) is 5.91 Å². The summed E-state index contributed by atoms with van der Waals surface area (Å²) in [7, 11) is 0. The number of pyridine rings is 1. The third kappa shape index (κ3) is 4.09. The molecule has 1 saturated heterocycles. The molecule has 7 heteroatoms. The van der Waals surface area contributed by atoms with Crippen LogP contribution in [-0.4, -0.2) is 44.3 Å². The van der Waals surface area contributed by atoms with E-state index in [0.717, 1.165) is 25.9 Å². The summed E-state index contributed by atoms with van der Waals surface area (Å²) in [4.78, 5) is 34.7. The molecule has 7 nitrogen and oxygen atoms in total. The minimum atomic E-state index is -0.0883. The number of hydrogen-bond acceptors (Lipinski definition) is 4. The number of rotatable bonds is 4. The summed E-state index contributed by atoms with van der Waals surface area (Å²) in [5.74, 6) is 1.15. The smallest absolute Gasteiger partial charge is 0.274 e. The number of carbonyl (C=O) groups excluding carboxylic acids is 2. The average molecular weight is 355 g/mol. The number of aromatic nitrogens is 3. The number of imidazole rings is 1. The van der Waals surface area contributed by atoms with Gasteiger partial charge in [0, 0.05) is 25.2 Å². The first-order valence-corrected chi connectivity index (χ1v) is 9.04. The third-order valence-electron chi connectivity index (χ3n) is 4.68. The van der Waals surface area contributed by atoms with Crippen molar-refractivity contribution in [1.29, 1.82) is 0 Å². The number of amides is 2. The highest BCUT2D eigenvalue weighted by Crippen LogP contribution is 2.18. The first-order chi connectivity index (χ1) is 12.4. The maximum absolute atomic E-state index is 12.6. The molecule has 1 N–H and O–H groups in total. The van der Waals surface area contributed by atoms with Crippen LogP contribution < -0.4 is 5.32 Å². The van der Waals surface area contributed by atoms with Gasteiger partial charge in [-0.3, -0.25) is 14.2 Å². The van der Waals surface area contributed by atoms with Crippen molar-refractivity contribution in [2.75, 3.05) is 18.4 Å². The molecule has 0 spiro atoms. The van der Waals surface area contributed by atoms with E-state index in [1.165, 1.54) is 0 Å². The quantitative estimate of drug-likeness (QED) is 0.914. The molecule has 0 radical (unpaired) electrons. The fraction of sp³-hybridized carbons (Fsp3) is 0.474. The molecule has 1 aliphatic rings. The second-order valence-corrected chi connectivity index (χ2v) is 7.19. The SMILES string of the molecule is CC1CCN(C(=O)c2cn(-c3ccc(NC(=O)C(C)C)cn3)cn2)CC1. The highest BCUT2D eigenvalue weighted by atomic mass is 16.2. The standard InChI is InChI=1S/C19H25N5O2/c1-13(2)18(25)22-15-4-5-17(20-10-15)24-11-16(21-12-24)19(26)23-8-6-14(3)7-9-23/h4-5,10-14H,6-9H2,1-3H3,(H,22,25). The number of nitrogens with zero attached hydrogens (tertiary/aromatic N) is 4. The molecule has 2 aromatic heterocycles. The van der Waals surface area contributed by atoms with Crippen LogP contribution in [0.5, 0.6) is 0 Å². The Hall–Kier alpha value is -2.70. The van der Waals surface area contributed by atoms with Crippen molar-refractivity contribution in [2.24, 2.45) is 11.8 Å². The van der Waals surface area contributed by atoms with Gasteiger partial charge < -0.3 is 10.2 Å². The number of hydrogen-bond donors (Lipinski definition) is 1. The van der Waals surface area contributed by atoms with Gasteiger partial charge in [0.05, 0.1) is 11.9 Å². The van der Waals surface area contributed by atoms with E-state index in [2.05, 4.69) is 22.2 Å². The van der Waals surface area contributed by atoms with Crippen molar-refractivity contribution in [3.63, 3.8) is 0 Å². The van der Waals surface area contributed by atoms with Crippen molar-refractivity contribution < 1.29 is 9.59 Å². The van der Waals surface area contributed by atoms with E-state index in [1.807, 2.05) is 18.7 Å². The van der Waals surface area contributed by atoms with Crippen LogP contribution in [0.25, 0.3) is 5.82 Å². The minimum absolute atomic E-state index is 0.0310. The summed E-state index contributed by atoms with van der Waals surface area (Å²) in [5, 5.41) is 2.80. The van der Waals surface area contributed by atoms with Crippen LogP contribution >= 0.6 is 0 Å². The molecule has 0 saturated carbocycles. The Kier molecular flexibility index (Phi) is 5.35. The van der Waals surface area contributed by atoms with E-state index >= 15 is 0 Å². The van der Waals surface area contributed by atoms with Crippen LogP contribution in [0.4, 0.5) is 5.69 Å². The van der Waals surface area contributed by atoms with E-state index in [9.17, 15) is 9.59 Å². The van der Waals surface area contributed by atoms with Crippen molar-refractivity contribution >= 4 is 17.5 Å². The molecule has 0 atom stereocenters. The summed E-state index contributed by atoms with van der Waals surface area (Å²) in [5.41, 5.74) is 1.07. The largest absolute Gasteiger partial charge is 0.337 e. The molecule has 3 rings (SSSR count). The maximum Gasteiger partial charge on any atom is 0.274 e. The van der Waals surface area contributed by atoms with Crippen LogP contribution in [-0.2, 0) is 4.79 Å². The normalized spacial score (nSPS) is 15.3. The predicted octanol–water partition coefficient (Wildman–Crippen LogP) is 2.73. The Morgan fingerprint density at radius 1 is 1.19 bits per heavy atom. The van der Waals surface area contributed by atoms with E-state index in [4.69, 9.17) is 0 Å². The van der Waals surface area contributed by atoms with Gasteiger partial charge >= 0.3 is 0 Å². The number of carbonyl (C=O) groups is 2. The molecule has 3 heterocycles. The van der Waals surface area contributed by atoms with Gasteiger partial charge in [-0.15, -0.1) is 0 Å². The monoisotopic (exact) mass is 355 g/mol. The van der Waals surface area contributed by atoms with Crippen molar-refractivity contribution in [3.8, 4) is 5.82 Å². The molecule has 26 heavy (non-hydrogen) atoms. The maximum atomic E-state index is 12.6. The van der Waals surface area contributed by atoms with E-state index < -0.39 is 0 Å². The first kappa shape index (κ1) is 18.1. The Labute approximate surface area is 153 Å². The van der Waals surface area contributed by atoms with Crippen molar-refractivity contribution in [3.05, 3.63) is 36.5 Å². The molecule has 1 aliphatic heterocycles.